The molecule has 0 saturated carbocycles. The minimum Gasteiger partial charge on any atom is -0.396 e. The number of aryl methyl sites for hydroxylation is 1. The molecule has 29 heavy (non-hydrogen) atoms. The molecule has 5 nitrogen and oxygen atoms in total. The second kappa shape index (κ2) is 9.96. The van der Waals surface area contributed by atoms with Crippen molar-refractivity contribution in [3.63, 3.8) is 0 Å². The van der Waals surface area contributed by atoms with Crippen LogP contribution in [0.15, 0.2) is 29.3 Å². The Balaban J connectivity index is 0.00000240. The lowest BCUT2D eigenvalue weighted by Crippen LogP contribution is -2.55. The van der Waals surface area contributed by atoms with Gasteiger partial charge in [-0.05, 0) is 56.1 Å². The molecule has 2 heterocycles. The molecule has 4 rings (SSSR count). The zero-order valence-corrected chi connectivity index (χ0v) is 20.0. The number of fused-ring (bicyclic) bond motifs is 2. The second-order valence-electron chi connectivity index (χ2n) is 8.99. The summed E-state index contributed by atoms with van der Waals surface area (Å²) in [7, 11) is 1.88. The molecule has 1 unspecified atom stereocenters. The summed E-state index contributed by atoms with van der Waals surface area (Å²) in [4.78, 5) is 7.07. The lowest BCUT2D eigenvalue weighted by atomic mass is 9.66. The number of ether oxygens (including phenoxy) is 1. The smallest absolute Gasteiger partial charge is 0.193 e. The Morgan fingerprint density at radius 1 is 1.17 bits per heavy atom. The Bertz CT molecular complexity index is 705. The van der Waals surface area contributed by atoms with Gasteiger partial charge in [0, 0.05) is 50.7 Å². The van der Waals surface area contributed by atoms with E-state index in [0.717, 1.165) is 51.6 Å². The summed E-state index contributed by atoms with van der Waals surface area (Å²) in [6.45, 7) is 4.55. The average Bonchev–Trinajstić information content (AvgIpc) is 2.75. The van der Waals surface area contributed by atoms with Crippen molar-refractivity contribution in [3.8, 4) is 0 Å². The third-order valence-corrected chi connectivity index (χ3v) is 7.29. The van der Waals surface area contributed by atoms with Gasteiger partial charge in [0.05, 0.1) is 6.61 Å². The van der Waals surface area contributed by atoms with E-state index >= 15 is 0 Å². The van der Waals surface area contributed by atoms with Crippen molar-refractivity contribution in [1.29, 1.82) is 0 Å². The first-order valence-corrected chi connectivity index (χ1v) is 10.9. The quantitative estimate of drug-likeness (QED) is 0.370. The van der Waals surface area contributed by atoms with Crippen molar-refractivity contribution in [1.82, 2.24) is 10.2 Å². The Morgan fingerprint density at radius 3 is 2.69 bits per heavy atom. The fourth-order valence-corrected chi connectivity index (χ4v) is 5.54. The highest BCUT2D eigenvalue weighted by molar-refractivity contribution is 14.0. The van der Waals surface area contributed by atoms with Crippen LogP contribution in [-0.2, 0) is 16.6 Å². The summed E-state index contributed by atoms with van der Waals surface area (Å²) in [6.07, 6.45) is 8.06. The molecule has 0 amide bonds. The maximum Gasteiger partial charge on any atom is 0.193 e. The number of benzene rings is 1. The first-order chi connectivity index (χ1) is 13.7. The number of likely N-dealkylation sites (tertiary alicyclic amines) is 1. The number of aliphatic hydroxyl groups excluding tert-OH is 1. The molecule has 1 aromatic rings. The zero-order chi connectivity index (χ0) is 19.5. The minimum absolute atomic E-state index is 0. The van der Waals surface area contributed by atoms with Crippen molar-refractivity contribution in [2.24, 2.45) is 10.4 Å². The lowest BCUT2D eigenvalue weighted by Gasteiger charge is -2.47. The van der Waals surface area contributed by atoms with Crippen LogP contribution >= 0.6 is 24.0 Å². The molecule has 1 aromatic carbocycles. The summed E-state index contributed by atoms with van der Waals surface area (Å²) in [5.41, 5.74) is 3.29. The minimum atomic E-state index is -0.0842. The number of nitrogens with zero attached hydrogens (tertiary/aromatic N) is 2. The Morgan fingerprint density at radius 2 is 1.93 bits per heavy atom. The number of hydrogen-bond acceptors (Lipinski definition) is 3. The van der Waals surface area contributed by atoms with Crippen LogP contribution in [0.5, 0.6) is 0 Å². The number of halogens is 1. The molecule has 2 N–H and O–H groups in total. The van der Waals surface area contributed by atoms with Crippen molar-refractivity contribution in [3.05, 3.63) is 35.4 Å². The van der Waals surface area contributed by atoms with E-state index in [2.05, 4.69) is 39.5 Å². The van der Waals surface area contributed by atoms with Crippen LogP contribution in [0.3, 0.4) is 0 Å². The van der Waals surface area contributed by atoms with Gasteiger partial charge < -0.3 is 20.1 Å². The van der Waals surface area contributed by atoms with E-state index < -0.39 is 0 Å². The lowest BCUT2D eigenvalue weighted by molar-refractivity contribution is -0.0135. The zero-order valence-electron chi connectivity index (χ0n) is 17.7. The van der Waals surface area contributed by atoms with Crippen molar-refractivity contribution in [2.75, 3.05) is 46.5 Å². The maximum atomic E-state index is 10.00. The molecule has 0 radical (unpaired) electrons. The monoisotopic (exact) mass is 513 g/mol. The topological polar surface area (TPSA) is 57.1 Å². The molecule has 2 fully saturated rings. The van der Waals surface area contributed by atoms with E-state index in [9.17, 15) is 5.11 Å². The Kier molecular flexibility index (Phi) is 7.84. The van der Waals surface area contributed by atoms with Gasteiger partial charge in [0.25, 0.3) is 0 Å². The van der Waals surface area contributed by atoms with Gasteiger partial charge in [-0.25, -0.2) is 0 Å². The third kappa shape index (κ3) is 4.74. The molecule has 1 atom stereocenters. The van der Waals surface area contributed by atoms with E-state index in [1.807, 2.05) is 7.05 Å². The van der Waals surface area contributed by atoms with E-state index in [1.54, 1.807) is 11.1 Å². The first-order valence-electron chi connectivity index (χ1n) is 10.9. The van der Waals surface area contributed by atoms with Crippen molar-refractivity contribution < 1.29 is 9.84 Å². The number of hydrogen-bond donors (Lipinski definition) is 2. The first kappa shape index (κ1) is 22.8. The summed E-state index contributed by atoms with van der Waals surface area (Å²) >= 11 is 0. The summed E-state index contributed by atoms with van der Waals surface area (Å²) in [6, 6.07) is 9.06. The molecule has 2 aliphatic heterocycles. The number of piperidine rings is 1. The van der Waals surface area contributed by atoms with Gasteiger partial charge in [-0.1, -0.05) is 24.3 Å². The Hall–Kier alpha value is -0.860. The van der Waals surface area contributed by atoms with Gasteiger partial charge in [-0.3, -0.25) is 4.99 Å². The van der Waals surface area contributed by atoms with Gasteiger partial charge >= 0.3 is 0 Å². The third-order valence-electron chi connectivity index (χ3n) is 7.29. The normalized spacial score (nSPS) is 26.6. The van der Waals surface area contributed by atoms with Crippen LogP contribution in [0.1, 0.15) is 49.7 Å². The van der Waals surface area contributed by atoms with Crippen LogP contribution < -0.4 is 5.32 Å². The standard InChI is InChI=1S/C23H35N3O2.HI/c1-24-21(25-16-22(18-27)11-14-28-15-12-22)26-13-5-10-23(17-26)9-4-7-19-6-2-3-8-20(19)23;/h2-3,6,8,27H,4-5,7,9-18H2,1H3,(H,24,25);1H. The number of aliphatic imine (C=N–C) groups is 1. The number of rotatable bonds is 3. The number of guanidine groups is 1. The van der Waals surface area contributed by atoms with Crippen LogP contribution in [0.4, 0.5) is 0 Å². The van der Waals surface area contributed by atoms with Gasteiger partial charge in [0.2, 0.25) is 0 Å². The van der Waals surface area contributed by atoms with Crippen LogP contribution in [-0.4, -0.2) is 62.5 Å². The number of nitrogens with one attached hydrogen (secondary N) is 1. The molecule has 0 aromatic heterocycles. The molecular weight excluding hydrogens is 477 g/mol. The van der Waals surface area contributed by atoms with E-state index in [-0.39, 0.29) is 41.4 Å². The van der Waals surface area contributed by atoms with Gasteiger partial charge in [0.15, 0.2) is 5.96 Å². The fourth-order valence-electron chi connectivity index (χ4n) is 5.54. The van der Waals surface area contributed by atoms with Crippen molar-refractivity contribution in [2.45, 2.75) is 50.4 Å². The highest BCUT2D eigenvalue weighted by Crippen LogP contribution is 2.43. The largest absolute Gasteiger partial charge is 0.396 e. The van der Waals surface area contributed by atoms with E-state index in [0.29, 0.717) is 0 Å². The van der Waals surface area contributed by atoms with Gasteiger partial charge in [-0.15, -0.1) is 24.0 Å². The SMILES string of the molecule is CN=C(NCC1(CO)CCOCC1)N1CCCC2(CCCc3ccccc32)C1.I. The van der Waals surface area contributed by atoms with E-state index in [4.69, 9.17) is 4.74 Å². The van der Waals surface area contributed by atoms with E-state index in [1.165, 1.54) is 32.1 Å². The van der Waals surface area contributed by atoms with Gasteiger partial charge in [0.1, 0.15) is 0 Å². The summed E-state index contributed by atoms with van der Waals surface area (Å²) < 4.78 is 5.50. The molecule has 2 saturated heterocycles. The Labute approximate surface area is 192 Å². The predicted octanol–water partition coefficient (Wildman–Crippen LogP) is 3.34. The van der Waals surface area contributed by atoms with Crippen LogP contribution in [0, 0.1) is 5.41 Å². The summed E-state index contributed by atoms with van der Waals surface area (Å²) in [5.74, 6) is 0.987. The maximum absolute atomic E-state index is 10.00. The van der Waals surface area contributed by atoms with Crippen LogP contribution in [0.2, 0.25) is 0 Å². The summed E-state index contributed by atoms with van der Waals surface area (Å²) in [5, 5.41) is 13.6. The average molecular weight is 513 g/mol. The fraction of sp³-hybridized carbons (Fsp3) is 0.696. The van der Waals surface area contributed by atoms with Crippen molar-refractivity contribution >= 4 is 29.9 Å². The molecule has 1 aliphatic carbocycles. The van der Waals surface area contributed by atoms with Gasteiger partial charge in [-0.2, -0.15) is 0 Å². The highest BCUT2D eigenvalue weighted by atomic mass is 127. The number of aliphatic hydroxyl groups is 1. The second-order valence-corrected chi connectivity index (χ2v) is 8.99. The molecular formula is C23H36IN3O2. The molecule has 0 bridgehead atoms. The molecule has 1 spiro atoms. The highest BCUT2D eigenvalue weighted by Gasteiger charge is 2.41. The molecule has 162 valence electrons. The molecule has 6 heteroatoms. The van der Waals surface area contributed by atoms with Crippen LogP contribution in [0.25, 0.3) is 0 Å². The predicted molar refractivity (Wildman–Crippen MR) is 128 cm³/mol. The molecule has 3 aliphatic rings.